The molecule has 0 aliphatic carbocycles. The summed E-state index contributed by atoms with van der Waals surface area (Å²) in [5, 5.41) is 8.42. The second-order valence-electron chi connectivity index (χ2n) is 3.91. The molecular formula is C12H12N4O3S. The molecule has 0 radical (unpaired) electrons. The highest BCUT2D eigenvalue weighted by molar-refractivity contribution is 7.92. The molecule has 0 amide bonds. The van der Waals surface area contributed by atoms with Crippen molar-refractivity contribution in [2.75, 3.05) is 11.3 Å². The van der Waals surface area contributed by atoms with Crippen LogP contribution >= 0.6 is 0 Å². The molecule has 0 saturated heterocycles. The molecule has 1 heterocycles. The van der Waals surface area contributed by atoms with E-state index in [-0.39, 0.29) is 11.6 Å². The van der Waals surface area contributed by atoms with Gasteiger partial charge in [0.15, 0.2) is 11.6 Å². The topological polar surface area (TPSA) is 108 Å². The predicted octanol–water partition coefficient (Wildman–Crippen LogP) is 1.42. The minimum Gasteiger partial charge on any atom is -0.479 e. The molecule has 0 atom stereocenters. The fraction of sp³-hybridized carbons (Fsp3) is 0.167. The molecule has 0 bridgehead atoms. The zero-order valence-corrected chi connectivity index (χ0v) is 11.4. The first-order valence-electron chi connectivity index (χ1n) is 5.65. The lowest BCUT2D eigenvalue weighted by Gasteiger charge is -2.08. The number of nitrogens with zero attached hydrogens (tertiary/aromatic N) is 2. The first-order chi connectivity index (χ1) is 9.51. The van der Waals surface area contributed by atoms with E-state index in [0.29, 0.717) is 17.3 Å². The summed E-state index contributed by atoms with van der Waals surface area (Å²) in [5.74, 6) is 0.920. The number of aromatic nitrogens is 2. The number of benzene rings is 1. The van der Waals surface area contributed by atoms with Gasteiger partial charge in [-0.2, -0.15) is 13.7 Å². The quantitative estimate of drug-likeness (QED) is 0.866. The van der Waals surface area contributed by atoms with Gasteiger partial charge in [-0.15, -0.1) is 0 Å². The number of anilines is 1. The summed E-state index contributed by atoms with van der Waals surface area (Å²) < 4.78 is 31.6. The SMILES string of the molecule is Cc1ncc(S(=O)(=O)Nc2cccc(OCC#N)c2)[nH]1. The lowest BCUT2D eigenvalue weighted by molar-refractivity contribution is 0.368. The maximum Gasteiger partial charge on any atom is 0.278 e. The van der Waals surface area contributed by atoms with Crippen LogP contribution in [0.1, 0.15) is 5.82 Å². The van der Waals surface area contributed by atoms with Gasteiger partial charge in [-0.3, -0.25) is 4.72 Å². The summed E-state index contributed by atoms with van der Waals surface area (Å²) >= 11 is 0. The van der Waals surface area contributed by atoms with E-state index in [4.69, 9.17) is 10.00 Å². The van der Waals surface area contributed by atoms with Gasteiger partial charge in [-0.1, -0.05) is 6.07 Å². The second-order valence-corrected chi connectivity index (χ2v) is 5.56. The molecule has 0 aliphatic rings. The normalized spacial score (nSPS) is 10.8. The number of aryl methyl sites for hydroxylation is 1. The highest BCUT2D eigenvalue weighted by Crippen LogP contribution is 2.20. The summed E-state index contributed by atoms with van der Waals surface area (Å²) in [6.07, 6.45) is 1.24. The third kappa shape index (κ3) is 3.27. The molecule has 0 unspecified atom stereocenters. The van der Waals surface area contributed by atoms with Crippen molar-refractivity contribution in [1.29, 1.82) is 5.26 Å². The second kappa shape index (κ2) is 5.63. The van der Waals surface area contributed by atoms with Gasteiger partial charge >= 0.3 is 0 Å². The van der Waals surface area contributed by atoms with Gasteiger partial charge in [0.2, 0.25) is 0 Å². The zero-order valence-electron chi connectivity index (χ0n) is 10.6. The third-order valence-corrected chi connectivity index (χ3v) is 3.65. The Labute approximate surface area is 116 Å². The molecule has 0 aliphatic heterocycles. The van der Waals surface area contributed by atoms with E-state index in [2.05, 4.69) is 14.7 Å². The number of sulfonamides is 1. The van der Waals surface area contributed by atoms with Crippen LogP contribution in [0.15, 0.2) is 35.5 Å². The number of rotatable bonds is 5. The predicted molar refractivity (Wildman–Crippen MR) is 71.7 cm³/mol. The number of nitriles is 1. The van der Waals surface area contributed by atoms with Crippen LogP contribution in [0.2, 0.25) is 0 Å². The van der Waals surface area contributed by atoms with Crippen molar-refractivity contribution in [2.24, 2.45) is 0 Å². The molecule has 2 N–H and O–H groups in total. The van der Waals surface area contributed by atoms with Gasteiger partial charge in [0.1, 0.15) is 17.6 Å². The minimum absolute atomic E-state index is 0.0154. The van der Waals surface area contributed by atoms with Gasteiger partial charge in [-0.05, 0) is 19.1 Å². The summed E-state index contributed by atoms with van der Waals surface area (Å²) in [7, 11) is -3.72. The van der Waals surface area contributed by atoms with Crippen LogP contribution in [-0.4, -0.2) is 25.0 Å². The molecule has 1 aromatic heterocycles. The number of aromatic amines is 1. The minimum atomic E-state index is -3.72. The molecule has 7 nitrogen and oxygen atoms in total. The first-order valence-corrected chi connectivity index (χ1v) is 7.14. The molecule has 2 rings (SSSR count). The monoisotopic (exact) mass is 292 g/mol. The fourth-order valence-electron chi connectivity index (χ4n) is 1.51. The van der Waals surface area contributed by atoms with Gasteiger partial charge in [-0.25, -0.2) is 4.98 Å². The van der Waals surface area contributed by atoms with Gasteiger partial charge in [0.25, 0.3) is 10.0 Å². The Morgan fingerprint density at radius 1 is 1.50 bits per heavy atom. The summed E-state index contributed by atoms with van der Waals surface area (Å²) in [4.78, 5) is 6.50. The largest absolute Gasteiger partial charge is 0.479 e. The van der Waals surface area contributed by atoms with Gasteiger partial charge in [0, 0.05) is 6.07 Å². The molecular weight excluding hydrogens is 280 g/mol. The number of ether oxygens (including phenoxy) is 1. The average Bonchev–Trinajstić information content (AvgIpc) is 2.84. The van der Waals surface area contributed by atoms with E-state index >= 15 is 0 Å². The molecule has 2 aromatic rings. The maximum absolute atomic E-state index is 12.1. The van der Waals surface area contributed by atoms with Crippen molar-refractivity contribution in [2.45, 2.75) is 11.9 Å². The first kappa shape index (κ1) is 13.9. The van der Waals surface area contributed by atoms with Crippen LogP contribution in [0.25, 0.3) is 0 Å². The van der Waals surface area contributed by atoms with E-state index < -0.39 is 10.0 Å². The van der Waals surface area contributed by atoms with Crippen molar-refractivity contribution in [1.82, 2.24) is 9.97 Å². The highest BCUT2D eigenvalue weighted by atomic mass is 32.2. The Bertz CT molecular complexity index is 746. The Balaban J connectivity index is 2.19. The lowest BCUT2D eigenvalue weighted by atomic mass is 10.3. The Kier molecular flexibility index (Phi) is 3.91. The third-order valence-electron chi connectivity index (χ3n) is 2.36. The molecule has 1 aromatic carbocycles. The average molecular weight is 292 g/mol. The molecule has 0 fully saturated rings. The van der Waals surface area contributed by atoms with E-state index in [1.165, 1.54) is 12.3 Å². The zero-order chi connectivity index (χ0) is 14.6. The Hall–Kier alpha value is -2.53. The number of imidazole rings is 1. The van der Waals surface area contributed by atoms with Crippen LogP contribution in [0, 0.1) is 18.3 Å². The molecule has 0 spiro atoms. The van der Waals surface area contributed by atoms with Crippen molar-refractivity contribution < 1.29 is 13.2 Å². The summed E-state index contributed by atoms with van der Waals surface area (Å²) in [6, 6.07) is 8.18. The van der Waals surface area contributed by atoms with E-state index in [1.54, 1.807) is 25.1 Å². The number of nitrogens with one attached hydrogen (secondary N) is 2. The van der Waals surface area contributed by atoms with Crippen LogP contribution < -0.4 is 9.46 Å². The lowest BCUT2D eigenvalue weighted by Crippen LogP contribution is -2.13. The van der Waals surface area contributed by atoms with E-state index in [9.17, 15) is 8.42 Å². The van der Waals surface area contributed by atoms with Gasteiger partial charge in [0.05, 0.1) is 11.9 Å². The highest BCUT2D eigenvalue weighted by Gasteiger charge is 2.16. The molecule has 20 heavy (non-hydrogen) atoms. The van der Waals surface area contributed by atoms with Crippen molar-refractivity contribution in [3.8, 4) is 11.8 Å². The molecule has 8 heteroatoms. The number of H-pyrrole nitrogens is 1. The van der Waals surface area contributed by atoms with Crippen LogP contribution in [0.4, 0.5) is 5.69 Å². The maximum atomic E-state index is 12.1. The van der Waals surface area contributed by atoms with Crippen molar-refractivity contribution >= 4 is 15.7 Å². The summed E-state index contributed by atoms with van der Waals surface area (Å²) in [6.45, 7) is 1.56. The van der Waals surface area contributed by atoms with Crippen molar-refractivity contribution in [3.63, 3.8) is 0 Å². The number of hydrogen-bond donors (Lipinski definition) is 2. The summed E-state index contributed by atoms with van der Waals surface area (Å²) in [5.41, 5.74) is 0.340. The molecule has 0 saturated carbocycles. The smallest absolute Gasteiger partial charge is 0.278 e. The van der Waals surface area contributed by atoms with Gasteiger partial charge < -0.3 is 9.72 Å². The van der Waals surface area contributed by atoms with Crippen LogP contribution in [0.5, 0.6) is 5.75 Å². The number of hydrogen-bond acceptors (Lipinski definition) is 5. The van der Waals surface area contributed by atoms with E-state index in [1.807, 2.05) is 6.07 Å². The standard InChI is InChI=1S/C12H12N4O3S/c1-9-14-8-12(15-9)20(17,18)16-10-3-2-4-11(7-10)19-6-5-13/h2-4,7-8,16H,6H2,1H3,(H,14,15). The van der Waals surface area contributed by atoms with Crippen molar-refractivity contribution in [3.05, 3.63) is 36.3 Å². The van der Waals surface area contributed by atoms with Crippen LogP contribution in [0.3, 0.4) is 0 Å². The molecule has 104 valence electrons. The van der Waals surface area contributed by atoms with Crippen LogP contribution in [-0.2, 0) is 10.0 Å². The van der Waals surface area contributed by atoms with E-state index in [0.717, 1.165) is 0 Å². The Morgan fingerprint density at radius 2 is 2.30 bits per heavy atom. The fourth-order valence-corrected chi connectivity index (χ4v) is 2.53. The Morgan fingerprint density at radius 3 is 2.95 bits per heavy atom.